The lowest BCUT2D eigenvalue weighted by molar-refractivity contribution is -0.378. The Morgan fingerprint density at radius 1 is 0.947 bits per heavy atom. The van der Waals surface area contributed by atoms with E-state index in [9.17, 15) is 14.7 Å². The van der Waals surface area contributed by atoms with Gasteiger partial charge in [-0.25, -0.2) is 4.79 Å². The Labute approximate surface area is 222 Å². The number of hydrogen-bond acceptors (Lipinski definition) is 7. The molecule has 2 unspecified atom stereocenters. The lowest BCUT2D eigenvalue weighted by Crippen LogP contribution is -2.43. The Morgan fingerprint density at radius 2 is 1.58 bits per heavy atom. The van der Waals surface area contributed by atoms with Crippen molar-refractivity contribution in [1.82, 2.24) is 4.90 Å². The summed E-state index contributed by atoms with van der Waals surface area (Å²) in [6.07, 6.45) is 1.39. The molecule has 1 N–H and O–H groups in total. The van der Waals surface area contributed by atoms with Gasteiger partial charge in [0, 0.05) is 25.8 Å². The second-order valence-corrected chi connectivity index (χ2v) is 8.98. The molecule has 3 aromatic carbocycles. The second-order valence-electron chi connectivity index (χ2n) is 8.98. The number of ether oxygens (including phenoxy) is 4. The molecular formula is C30H33NO7. The van der Waals surface area contributed by atoms with Crippen LogP contribution in [0.15, 0.2) is 84.9 Å². The average Bonchev–Trinajstić information content (AvgIpc) is 2.98. The molecule has 8 nitrogen and oxygen atoms in total. The molecule has 3 aromatic rings. The van der Waals surface area contributed by atoms with Gasteiger partial charge in [0.05, 0.1) is 24.7 Å². The smallest absolute Gasteiger partial charge is 0.340 e. The van der Waals surface area contributed by atoms with Crippen LogP contribution in [0, 0.1) is 0 Å². The monoisotopic (exact) mass is 519 g/mol. The SMILES string of the molecule is COC(O)(OCOC(=O)c1ccccc1)c1ccc(C(CCc2ccccc2)C(=O)N2CCOCC2)cc1. The first-order chi connectivity index (χ1) is 18.5. The van der Waals surface area contributed by atoms with Gasteiger partial charge >= 0.3 is 11.9 Å². The summed E-state index contributed by atoms with van der Waals surface area (Å²) in [4.78, 5) is 27.5. The maximum absolute atomic E-state index is 13.5. The van der Waals surface area contributed by atoms with Crippen LogP contribution in [0.1, 0.15) is 39.4 Å². The Balaban J connectivity index is 1.45. The summed E-state index contributed by atoms with van der Waals surface area (Å²) in [5, 5.41) is 10.9. The van der Waals surface area contributed by atoms with Crippen LogP contribution in [0.5, 0.6) is 0 Å². The summed E-state index contributed by atoms with van der Waals surface area (Å²) >= 11 is 0. The van der Waals surface area contributed by atoms with E-state index in [-0.39, 0.29) is 11.8 Å². The van der Waals surface area contributed by atoms with Gasteiger partial charge in [-0.3, -0.25) is 9.53 Å². The third-order valence-corrected chi connectivity index (χ3v) is 6.59. The van der Waals surface area contributed by atoms with Crippen LogP contribution in [-0.4, -0.2) is 62.1 Å². The number of aliphatic hydroxyl groups is 1. The highest BCUT2D eigenvalue weighted by molar-refractivity contribution is 5.89. The first kappa shape index (κ1) is 27.5. The van der Waals surface area contributed by atoms with E-state index in [0.717, 1.165) is 17.5 Å². The van der Waals surface area contributed by atoms with Crippen LogP contribution < -0.4 is 0 Å². The van der Waals surface area contributed by atoms with Gasteiger partial charge in [0.15, 0.2) is 6.79 Å². The minimum atomic E-state index is -2.14. The molecule has 2 atom stereocenters. The van der Waals surface area contributed by atoms with Gasteiger partial charge in [-0.15, -0.1) is 0 Å². The second kappa shape index (κ2) is 13.3. The number of esters is 1. The van der Waals surface area contributed by atoms with Crippen molar-refractivity contribution in [2.24, 2.45) is 0 Å². The summed E-state index contributed by atoms with van der Waals surface area (Å²) in [6.45, 7) is 1.68. The molecule has 0 spiro atoms. The third-order valence-electron chi connectivity index (χ3n) is 6.59. The van der Waals surface area contributed by atoms with Crippen molar-refractivity contribution in [3.8, 4) is 0 Å². The molecule has 1 saturated heterocycles. The van der Waals surface area contributed by atoms with Crippen molar-refractivity contribution in [3.63, 3.8) is 0 Å². The maximum Gasteiger partial charge on any atom is 0.340 e. The number of rotatable bonds is 11. The highest BCUT2D eigenvalue weighted by atomic mass is 16.9. The number of nitrogens with zero attached hydrogens (tertiary/aromatic N) is 1. The van der Waals surface area contributed by atoms with Gasteiger partial charge in [-0.05, 0) is 36.1 Å². The van der Waals surface area contributed by atoms with Crippen molar-refractivity contribution in [1.29, 1.82) is 0 Å². The maximum atomic E-state index is 13.5. The Bertz CT molecular complexity index is 1160. The average molecular weight is 520 g/mol. The van der Waals surface area contributed by atoms with Gasteiger partial charge < -0.3 is 24.2 Å². The van der Waals surface area contributed by atoms with E-state index in [4.69, 9.17) is 18.9 Å². The van der Waals surface area contributed by atoms with Gasteiger partial charge in [0.1, 0.15) is 0 Å². The van der Waals surface area contributed by atoms with Crippen LogP contribution in [-0.2, 0) is 36.1 Å². The molecule has 0 saturated carbocycles. The quantitative estimate of drug-likeness (QED) is 0.304. The van der Waals surface area contributed by atoms with Crippen LogP contribution in [0.3, 0.4) is 0 Å². The fourth-order valence-corrected chi connectivity index (χ4v) is 4.40. The van der Waals surface area contributed by atoms with Crippen LogP contribution in [0.25, 0.3) is 0 Å². The van der Waals surface area contributed by atoms with E-state index >= 15 is 0 Å². The Morgan fingerprint density at radius 3 is 2.21 bits per heavy atom. The molecule has 200 valence electrons. The minimum absolute atomic E-state index is 0.0584. The van der Waals surface area contributed by atoms with Gasteiger partial charge in [-0.1, -0.05) is 72.8 Å². The minimum Gasteiger partial charge on any atom is -0.435 e. The first-order valence-electron chi connectivity index (χ1n) is 12.6. The predicted molar refractivity (Wildman–Crippen MR) is 140 cm³/mol. The van der Waals surface area contributed by atoms with E-state index in [0.29, 0.717) is 43.9 Å². The molecule has 4 rings (SSSR count). The summed E-state index contributed by atoms with van der Waals surface area (Å²) in [7, 11) is 1.29. The Kier molecular flexibility index (Phi) is 9.62. The lowest BCUT2D eigenvalue weighted by atomic mass is 9.90. The molecule has 0 bridgehead atoms. The fourth-order valence-electron chi connectivity index (χ4n) is 4.40. The molecule has 1 aliphatic rings. The number of carbonyl (C=O) groups excluding carboxylic acids is 2. The standard InChI is InChI=1S/C30H33NO7/c1-35-30(34,38-22-37-29(33)25-10-6-3-7-11-25)26-15-13-24(14-16-26)27(17-12-23-8-4-2-5-9-23)28(32)31-18-20-36-21-19-31/h2-11,13-16,27,34H,12,17-22H2,1H3. The van der Waals surface area contributed by atoms with E-state index in [1.807, 2.05) is 23.1 Å². The Hall–Kier alpha value is -3.56. The van der Waals surface area contributed by atoms with Crippen molar-refractivity contribution >= 4 is 11.9 Å². The zero-order valence-electron chi connectivity index (χ0n) is 21.5. The topological polar surface area (TPSA) is 94.5 Å². The third kappa shape index (κ3) is 7.05. The van der Waals surface area contributed by atoms with E-state index in [1.165, 1.54) is 7.11 Å². The van der Waals surface area contributed by atoms with Crippen molar-refractivity contribution in [2.75, 3.05) is 40.2 Å². The molecule has 8 heteroatoms. The number of benzene rings is 3. The lowest BCUT2D eigenvalue weighted by Gasteiger charge is -2.31. The highest BCUT2D eigenvalue weighted by Crippen LogP contribution is 2.29. The molecule has 0 aromatic heterocycles. The molecule has 1 heterocycles. The summed E-state index contributed by atoms with van der Waals surface area (Å²) in [6, 6.07) is 25.5. The van der Waals surface area contributed by atoms with E-state index in [1.54, 1.807) is 54.6 Å². The summed E-state index contributed by atoms with van der Waals surface area (Å²) < 4.78 is 21.2. The van der Waals surface area contributed by atoms with E-state index < -0.39 is 18.7 Å². The summed E-state index contributed by atoms with van der Waals surface area (Å²) in [5.74, 6) is -3.01. The molecule has 38 heavy (non-hydrogen) atoms. The molecule has 0 radical (unpaired) electrons. The van der Waals surface area contributed by atoms with Crippen LogP contribution in [0.4, 0.5) is 0 Å². The van der Waals surface area contributed by atoms with E-state index in [2.05, 4.69) is 12.1 Å². The molecule has 1 amide bonds. The highest BCUT2D eigenvalue weighted by Gasteiger charge is 2.33. The zero-order valence-corrected chi connectivity index (χ0v) is 21.5. The van der Waals surface area contributed by atoms with Crippen LogP contribution >= 0.6 is 0 Å². The predicted octanol–water partition coefficient (Wildman–Crippen LogP) is 3.84. The van der Waals surface area contributed by atoms with Gasteiger partial charge in [0.2, 0.25) is 5.91 Å². The number of hydrogen-bond donors (Lipinski definition) is 1. The van der Waals surface area contributed by atoms with Gasteiger partial charge in [-0.2, -0.15) is 0 Å². The number of methoxy groups -OCH3 is 1. The van der Waals surface area contributed by atoms with Crippen molar-refractivity contribution < 1.29 is 33.6 Å². The van der Waals surface area contributed by atoms with Crippen LogP contribution in [0.2, 0.25) is 0 Å². The van der Waals surface area contributed by atoms with Gasteiger partial charge in [0.25, 0.3) is 0 Å². The largest absolute Gasteiger partial charge is 0.435 e. The molecular weight excluding hydrogens is 486 g/mol. The fraction of sp³-hybridized carbons (Fsp3) is 0.333. The van der Waals surface area contributed by atoms with Crippen molar-refractivity contribution in [3.05, 3.63) is 107 Å². The number of amides is 1. The number of morpholine rings is 1. The zero-order chi connectivity index (χ0) is 26.8. The number of aryl methyl sites for hydroxylation is 1. The molecule has 1 fully saturated rings. The molecule has 0 aliphatic carbocycles. The normalized spacial score (nSPS) is 15.9. The molecule has 1 aliphatic heterocycles. The number of carbonyl (C=O) groups is 2. The first-order valence-corrected chi connectivity index (χ1v) is 12.6. The van der Waals surface area contributed by atoms with Crippen molar-refractivity contribution in [2.45, 2.75) is 24.7 Å². The summed E-state index contributed by atoms with van der Waals surface area (Å²) in [5.41, 5.74) is 2.67.